The summed E-state index contributed by atoms with van der Waals surface area (Å²) in [5, 5.41) is 3.85. The summed E-state index contributed by atoms with van der Waals surface area (Å²) >= 11 is 0. The van der Waals surface area contributed by atoms with E-state index in [1.165, 1.54) is 22.2 Å². The Morgan fingerprint density at radius 2 is 1.83 bits per heavy atom. The van der Waals surface area contributed by atoms with Gasteiger partial charge in [0.25, 0.3) is 5.91 Å². The number of rotatable bonds is 4. The van der Waals surface area contributed by atoms with E-state index in [1.54, 1.807) is 7.05 Å². The van der Waals surface area contributed by atoms with Gasteiger partial charge in [0.1, 0.15) is 0 Å². The Bertz CT molecular complexity index is 847. The highest BCUT2D eigenvalue weighted by Crippen LogP contribution is 2.26. The Kier molecular flexibility index (Phi) is 4.17. The number of hydrogen-bond donors (Lipinski definition) is 2. The molecule has 3 rings (SSSR count). The predicted molar refractivity (Wildman–Crippen MR) is 93.5 cm³/mol. The number of aromatic nitrogens is 1. The van der Waals surface area contributed by atoms with Crippen molar-refractivity contribution in [2.45, 2.75) is 20.0 Å². The fourth-order valence-electron chi connectivity index (χ4n) is 3.05. The van der Waals surface area contributed by atoms with Crippen LogP contribution < -0.4 is 11.1 Å². The van der Waals surface area contributed by atoms with Crippen molar-refractivity contribution in [3.63, 3.8) is 0 Å². The largest absolute Gasteiger partial charge is 0.355 e. The minimum absolute atomic E-state index is 0.0652. The summed E-state index contributed by atoms with van der Waals surface area (Å²) in [7, 11) is 1.64. The number of carbonyl (C=O) groups is 1. The smallest absolute Gasteiger partial charge is 0.251 e. The Morgan fingerprint density at radius 1 is 1.13 bits per heavy atom. The van der Waals surface area contributed by atoms with Gasteiger partial charge in [0.15, 0.2) is 0 Å². The Labute approximate surface area is 135 Å². The summed E-state index contributed by atoms with van der Waals surface area (Å²) in [6.45, 7) is 3.41. The van der Waals surface area contributed by atoms with Crippen molar-refractivity contribution in [2.75, 3.05) is 7.05 Å². The topological polar surface area (TPSA) is 60.0 Å². The average Bonchev–Trinajstić information content (AvgIpc) is 2.86. The van der Waals surface area contributed by atoms with E-state index in [2.05, 4.69) is 28.9 Å². The maximum atomic E-state index is 11.6. The molecule has 23 heavy (non-hydrogen) atoms. The molecule has 0 aliphatic carbocycles. The first-order chi connectivity index (χ1) is 11.2. The first-order valence-corrected chi connectivity index (χ1v) is 7.73. The van der Waals surface area contributed by atoms with Gasteiger partial charge in [-0.1, -0.05) is 30.3 Å². The molecule has 2 aromatic carbocycles. The molecule has 0 bridgehead atoms. The van der Waals surface area contributed by atoms with Gasteiger partial charge in [0.2, 0.25) is 0 Å². The fourth-order valence-corrected chi connectivity index (χ4v) is 3.05. The monoisotopic (exact) mass is 307 g/mol. The number of nitrogens with zero attached hydrogens (tertiary/aromatic N) is 1. The molecule has 1 heterocycles. The van der Waals surface area contributed by atoms with Gasteiger partial charge in [-0.25, -0.2) is 0 Å². The average molecular weight is 307 g/mol. The number of nitrogens with two attached hydrogens (primary N) is 1. The third-order valence-corrected chi connectivity index (χ3v) is 4.35. The summed E-state index contributed by atoms with van der Waals surface area (Å²) in [6, 6.07) is 16.1. The molecular formula is C19H21N3O. The van der Waals surface area contributed by atoms with E-state index in [1.807, 2.05) is 36.4 Å². The van der Waals surface area contributed by atoms with E-state index >= 15 is 0 Å². The number of amides is 1. The molecule has 0 atom stereocenters. The van der Waals surface area contributed by atoms with Gasteiger partial charge in [-0.15, -0.1) is 0 Å². The highest BCUT2D eigenvalue weighted by atomic mass is 16.1. The molecule has 0 saturated carbocycles. The Hall–Kier alpha value is -2.59. The lowest BCUT2D eigenvalue weighted by Crippen LogP contribution is -2.17. The lowest BCUT2D eigenvalue weighted by Gasteiger charge is -2.10. The molecule has 1 aromatic heterocycles. The second-order valence-electron chi connectivity index (χ2n) is 5.65. The zero-order valence-electron chi connectivity index (χ0n) is 13.5. The van der Waals surface area contributed by atoms with Crippen LogP contribution in [0.1, 0.15) is 27.2 Å². The molecule has 3 N–H and O–H groups in total. The molecule has 0 aliphatic rings. The quantitative estimate of drug-likeness (QED) is 0.778. The zero-order chi connectivity index (χ0) is 16.4. The number of carbonyl (C=O) groups excluding carboxylic acids is 1. The van der Waals surface area contributed by atoms with E-state index < -0.39 is 0 Å². The second kappa shape index (κ2) is 6.26. The molecule has 0 saturated heterocycles. The van der Waals surface area contributed by atoms with Crippen LogP contribution >= 0.6 is 0 Å². The Morgan fingerprint density at radius 3 is 2.48 bits per heavy atom. The van der Waals surface area contributed by atoms with Crippen LogP contribution in [-0.2, 0) is 13.1 Å². The lowest BCUT2D eigenvalue weighted by molar-refractivity contribution is 0.0963. The summed E-state index contributed by atoms with van der Waals surface area (Å²) < 4.78 is 2.28. The SMILES string of the molecule is CNC(=O)c1ccc(Cn2c(C)c(CN)c3ccccc32)cc1. The standard InChI is InChI=1S/C19H21N3O/c1-13-17(11-20)16-5-3-4-6-18(16)22(13)12-14-7-9-15(10-8-14)19(23)21-2/h3-10H,11-12,20H2,1-2H3,(H,21,23). The molecule has 118 valence electrons. The summed E-state index contributed by atoms with van der Waals surface area (Å²) in [5.74, 6) is -0.0652. The molecule has 0 radical (unpaired) electrons. The minimum Gasteiger partial charge on any atom is -0.355 e. The second-order valence-corrected chi connectivity index (χ2v) is 5.65. The molecule has 0 unspecified atom stereocenters. The zero-order valence-corrected chi connectivity index (χ0v) is 13.5. The van der Waals surface area contributed by atoms with Gasteiger partial charge in [0, 0.05) is 42.3 Å². The number of hydrogen-bond acceptors (Lipinski definition) is 2. The molecule has 4 heteroatoms. The maximum absolute atomic E-state index is 11.6. The van der Waals surface area contributed by atoms with Crippen molar-refractivity contribution in [1.29, 1.82) is 0 Å². The third kappa shape index (κ3) is 2.73. The number of fused-ring (bicyclic) bond motifs is 1. The lowest BCUT2D eigenvalue weighted by atomic mass is 10.1. The van der Waals surface area contributed by atoms with Crippen molar-refractivity contribution in [3.05, 3.63) is 70.9 Å². The van der Waals surface area contributed by atoms with Crippen LogP contribution in [0.3, 0.4) is 0 Å². The molecule has 3 aromatic rings. The number of benzene rings is 2. The van der Waals surface area contributed by atoms with Crippen molar-refractivity contribution in [3.8, 4) is 0 Å². The van der Waals surface area contributed by atoms with E-state index in [0.717, 1.165) is 12.1 Å². The van der Waals surface area contributed by atoms with Crippen molar-refractivity contribution >= 4 is 16.8 Å². The van der Waals surface area contributed by atoms with Crippen LogP contribution in [0, 0.1) is 6.92 Å². The van der Waals surface area contributed by atoms with Crippen LogP contribution in [0.5, 0.6) is 0 Å². The summed E-state index contributed by atoms with van der Waals surface area (Å²) in [4.78, 5) is 11.6. The van der Waals surface area contributed by atoms with Crippen LogP contribution in [0.15, 0.2) is 48.5 Å². The summed E-state index contributed by atoms with van der Waals surface area (Å²) in [5.41, 5.74) is 11.4. The van der Waals surface area contributed by atoms with Crippen LogP contribution in [0.2, 0.25) is 0 Å². The van der Waals surface area contributed by atoms with Gasteiger partial charge in [0.05, 0.1) is 0 Å². The molecular weight excluding hydrogens is 286 g/mol. The third-order valence-electron chi connectivity index (χ3n) is 4.35. The first kappa shape index (κ1) is 15.3. The number of para-hydroxylation sites is 1. The van der Waals surface area contributed by atoms with E-state index in [-0.39, 0.29) is 5.91 Å². The fraction of sp³-hybridized carbons (Fsp3) is 0.211. The van der Waals surface area contributed by atoms with E-state index in [0.29, 0.717) is 12.1 Å². The van der Waals surface area contributed by atoms with Crippen LogP contribution in [0.25, 0.3) is 10.9 Å². The highest BCUT2D eigenvalue weighted by molar-refractivity contribution is 5.94. The normalized spacial score (nSPS) is 10.9. The summed E-state index contributed by atoms with van der Waals surface area (Å²) in [6.07, 6.45) is 0. The van der Waals surface area contributed by atoms with Gasteiger partial charge in [-0.05, 0) is 36.2 Å². The van der Waals surface area contributed by atoms with E-state index in [4.69, 9.17) is 5.73 Å². The Balaban J connectivity index is 1.98. The van der Waals surface area contributed by atoms with Gasteiger partial charge < -0.3 is 15.6 Å². The molecule has 0 spiro atoms. The minimum atomic E-state index is -0.0652. The first-order valence-electron chi connectivity index (χ1n) is 7.73. The van der Waals surface area contributed by atoms with E-state index in [9.17, 15) is 4.79 Å². The van der Waals surface area contributed by atoms with Crippen LogP contribution in [-0.4, -0.2) is 17.5 Å². The van der Waals surface area contributed by atoms with Crippen LogP contribution in [0.4, 0.5) is 0 Å². The van der Waals surface area contributed by atoms with Gasteiger partial charge in [-0.2, -0.15) is 0 Å². The maximum Gasteiger partial charge on any atom is 0.251 e. The predicted octanol–water partition coefficient (Wildman–Crippen LogP) is 2.82. The van der Waals surface area contributed by atoms with Crippen molar-refractivity contribution in [1.82, 2.24) is 9.88 Å². The van der Waals surface area contributed by atoms with Crippen molar-refractivity contribution in [2.24, 2.45) is 5.73 Å². The molecule has 1 amide bonds. The molecule has 0 aliphatic heterocycles. The number of nitrogens with one attached hydrogen (secondary N) is 1. The highest BCUT2D eigenvalue weighted by Gasteiger charge is 2.12. The molecule has 0 fully saturated rings. The van der Waals surface area contributed by atoms with Gasteiger partial charge in [-0.3, -0.25) is 4.79 Å². The molecule has 4 nitrogen and oxygen atoms in total. The van der Waals surface area contributed by atoms with Crippen molar-refractivity contribution < 1.29 is 4.79 Å². The van der Waals surface area contributed by atoms with Gasteiger partial charge >= 0.3 is 0 Å².